The number of rotatable bonds is 7. The van der Waals surface area contributed by atoms with E-state index in [0.29, 0.717) is 18.8 Å². The summed E-state index contributed by atoms with van der Waals surface area (Å²) in [4.78, 5) is 13.2. The van der Waals surface area contributed by atoms with Crippen LogP contribution in [-0.4, -0.2) is 38.3 Å². The molecule has 0 saturated carbocycles. The van der Waals surface area contributed by atoms with Crippen molar-refractivity contribution in [1.29, 1.82) is 0 Å². The lowest BCUT2D eigenvalue weighted by Crippen LogP contribution is -2.27. The molecule has 25 heavy (non-hydrogen) atoms. The highest BCUT2D eigenvalue weighted by molar-refractivity contribution is 5.77. The molecule has 0 aromatic heterocycles. The number of carbonyl (C=O) groups excluding carboxylic acids is 1. The predicted octanol–water partition coefficient (Wildman–Crippen LogP) is 2.17. The van der Waals surface area contributed by atoms with Gasteiger partial charge in [-0.1, -0.05) is 30.3 Å². The van der Waals surface area contributed by atoms with Crippen molar-refractivity contribution in [1.82, 2.24) is 10.2 Å². The number of nitrogens with zero attached hydrogens (tertiary/aromatic N) is 1. The highest BCUT2D eigenvalue weighted by Gasteiger charge is 2.16. The minimum atomic E-state index is -0.0697. The lowest BCUT2D eigenvalue weighted by atomic mass is 10.1. The number of nitrogens with one attached hydrogen (secondary N) is 1. The van der Waals surface area contributed by atoms with E-state index in [1.54, 1.807) is 14.1 Å². The third kappa shape index (κ3) is 4.22. The van der Waals surface area contributed by atoms with Crippen molar-refractivity contribution in [2.45, 2.75) is 13.1 Å². The van der Waals surface area contributed by atoms with Crippen LogP contribution in [0.1, 0.15) is 11.1 Å². The largest absolute Gasteiger partial charge is 0.483 e. The van der Waals surface area contributed by atoms with E-state index < -0.39 is 0 Å². The van der Waals surface area contributed by atoms with Gasteiger partial charge in [-0.3, -0.25) is 4.79 Å². The molecule has 3 rings (SSSR count). The minimum absolute atomic E-state index is 0.0292. The number of hydrogen-bond acceptors (Lipinski definition) is 5. The first-order valence-corrected chi connectivity index (χ1v) is 8.14. The summed E-state index contributed by atoms with van der Waals surface area (Å²) >= 11 is 0. The van der Waals surface area contributed by atoms with Crippen molar-refractivity contribution in [2.75, 3.05) is 27.5 Å². The molecule has 0 saturated heterocycles. The fourth-order valence-electron chi connectivity index (χ4n) is 2.52. The topological polar surface area (TPSA) is 60.0 Å². The number of likely N-dealkylation sites (N-methyl/N-ethyl adjacent to an activating group) is 1. The molecule has 1 amide bonds. The molecule has 1 N–H and O–H groups in total. The molecule has 0 atom stereocenters. The molecular weight excluding hydrogens is 320 g/mol. The predicted molar refractivity (Wildman–Crippen MR) is 93.7 cm³/mol. The molecule has 0 bridgehead atoms. The summed E-state index contributed by atoms with van der Waals surface area (Å²) in [5.74, 6) is 2.23. The second-order valence-electron chi connectivity index (χ2n) is 5.94. The van der Waals surface area contributed by atoms with Crippen molar-refractivity contribution in [3.63, 3.8) is 0 Å². The first-order valence-electron chi connectivity index (χ1n) is 8.14. The zero-order valence-electron chi connectivity index (χ0n) is 14.5. The van der Waals surface area contributed by atoms with Gasteiger partial charge >= 0.3 is 0 Å². The molecule has 2 aromatic carbocycles. The first kappa shape index (κ1) is 17.1. The zero-order valence-corrected chi connectivity index (χ0v) is 14.5. The number of benzene rings is 2. The van der Waals surface area contributed by atoms with E-state index in [0.717, 1.165) is 22.6 Å². The summed E-state index contributed by atoms with van der Waals surface area (Å²) in [6.45, 7) is 1.57. The lowest BCUT2D eigenvalue weighted by Gasteiger charge is -2.14. The fourth-order valence-corrected chi connectivity index (χ4v) is 2.52. The molecule has 6 nitrogen and oxygen atoms in total. The first-order chi connectivity index (χ1) is 12.1. The van der Waals surface area contributed by atoms with Gasteiger partial charge in [-0.2, -0.15) is 0 Å². The van der Waals surface area contributed by atoms with Crippen LogP contribution < -0.4 is 19.5 Å². The molecule has 132 valence electrons. The van der Waals surface area contributed by atoms with Gasteiger partial charge in [0.05, 0.1) is 0 Å². The average Bonchev–Trinajstić information content (AvgIpc) is 3.10. The maximum Gasteiger partial charge on any atom is 0.259 e. The average molecular weight is 342 g/mol. The van der Waals surface area contributed by atoms with E-state index >= 15 is 0 Å². The smallest absolute Gasteiger partial charge is 0.259 e. The molecule has 0 aliphatic carbocycles. The van der Waals surface area contributed by atoms with Crippen molar-refractivity contribution >= 4 is 5.91 Å². The van der Waals surface area contributed by atoms with Gasteiger partial charge in [-0.25, -0.2) is 0 Å². The van der Waals surface area contributed by atoms with E-state index in [1.165, 1.54) is 4.90 Å². The van der Waals surface area contributed by atoms with E-state index in [2.05, 4.69) is 5.32 Å². The van der Waals surface area contributed by atoms with Gasteiger partial charge in [0.25, 0.3) is 5.91 Å². The van der Waals surface area contributed by atoms with Crippen LogP contribution in [0.3, 0.4) is 0 Å². The van der Waals surface area contributed by atoms with Gasteiger partial charge in [0.2, 0.25) is 6.79 Å². The summed E-state index contributed by atoms with van der Waals surface area (Å²) in [6, 6.07) is 13.6. The standard InChI is InChI=1S/C19H22N2O4/c1-21(2)18(22)12-23-16-8-4-3-6-14(16)10-20-11-15-7-5-9-17-19(15)25-13-24-17/h3-9,20H,10-13H2,1-2H3. The van der Waals surface area contributed by atoms with E-state index in [9.17, 15) is 4.79 Å². The van der Waals surface area contributed by atoms with Crippen LogP contribution in [0.5, 0.6) is 17.2 Å². The number of ether oxygens (including phenoxy) is 3. The van der Waals surface area contributed by atoms with Crippen molar-refractivity contribution < 1.29 is 19.0 Å². The maximum atomic E-state index is 11.7. The third-order valence-electron chi connectivity index (χ3n) is 3.93. The van der Waals surface area contributed by atoms with Crippen LogP contribution in [0.4, 0.5) is 0 Å². The number of hydrogen-bond donors (Lipinski definition) is 1. The summed E-state index contributed by atoms with van der Waals surface area (Å²) < 4.78 is 16.6. The maximum absolute atomic E-state index is 11.7. The van der Waals surface area contributed by atoms with Crippen LogP contribution in [-0.2, 0) is 17.9 Å². The normalized spacial score (nSPS) is 12.1. The molecule has 0 unspecified atom stereocenters. The Kier molecular flexibility index (Phi) is 5.40. The van der Waals surface area contributed by atoms with E-state index in [-0.39, 0.29) is 19.3 Å². The molecule has 1 heterocycles. The Bertz CT molecular complexity index is 746. The van der Waals surface area contributed by atoms with E-state index in [1.807, 2.05) is 42.5 Å². The highest BCUT2D eigenvalue weighted by atomic mass is 16.7. The number of fused-ring (bicyclic) bond motifs is 1. The minimum Gasteiger partial charge on any atom is -0.483 e. The van der Waals surface area contributed by atoms with Crippen molar-refractivity contribution in [2.24, 2.45) is 0 Å². The number of amides is 1. The fraction of sp³-hybridized carbons (Fsp3) is 0.316. The van der Waals surface area contributed by atoms with Crippen LogP contribution in [0.25, 0.3) is 0 Å². The third-order valence-corrected chi connectivity index (χ3v) is 3.93. The van der Waals surface area contributed by atoms with Gasteiger partial charge in [0, 0.05) is 38.3 Å². The Morgan fingerprint density at radius 2 is 1.84 bits per heavy atom. The summed E-state index contributed by atoms with van der Waals surface area (Å²) in [5.41, 5.74) is 2.05. The van der Waals surface area contributed by atoms with Crippen molar-refractivity contribution in [3.05, 3.63) is 53.6 Å². The Morgan fingerprint density at radius 3 is 2.68 bits per heavy atom. The van der Waals surface area contributed by atoms with Gasteiger partial charge in [-0.05, 0) is 12.1 Å². The Hall–Kier alpha value is -2.73. The molecule has 2 aromatic rings. The molecule has 0 radical (unpaired) electrons. The Balaban J connectivity index is 1.58. The van der Waals surface area contributed by atoms with Gasteiger partial charge in [-0.15, -0.1) is 0 Å². The van der Waals surface area contributed by atoms with Crippen LogP contribution >= 0.6 is 0 Å². The molecular formula is C19H22N2O4. The lowest BCUT2D eigenvalue weighted by molar-refractivity contribution is -0.130. The van der Waals surface area contributed by atoms with Crippen LogP contribution in [0.2, 0.25) is 0 Å². The second-order valence-corrected chi connectivity index (χ2v) is 5.94. The molecule has 1 aliphatic rings. The monoisotopic (exact) mass is 342 g/mol. The van der Waals surface area contributed by atoms with Gasteiger partial charge in [0.1, 0.15) is 5.75 Å². The highest BCUT2D eigenvalue weighted by Crippen LogP contribution is 2.35. The van der Waals surface area contributed by atoms with Gasteiger partial charge in [0.15, 0.2) is 18.1 Å². The van der Waals surface area contributed by atoms with Crippen molar-refractivity contribution in [3.8, 4) is 17.2 Å². The van der Waals surface area contributed by atoms with Gasteiger partial charge < -0.3 is 24.4 Å². The molecule has 1 aliphatic heterocycles. The zero-order chi connectivity index (χ0) is 17.6. The molecule has 6 heteroatoms. The Morgan fingerprint density at radius 1 is 1.08 bits per heavy atom. The SMILES string of the molecule is CN(C)C(=O)COc1ccccc1CNCc1cccc2c1OCO2. The number of carbonyl (C=O) groups is 1. The molecule has 0 fully saturated rings. The molecule has 0 spiro atoms. The Labute approximate surface area is 147 Å². The second kappa shape index (κ2) is 7.90. The summed E-state index contributed by atoms with van der Waals surface area (Å²) in [6.07, 6.45) is 0. The quantitative estimate of drug-likeness (QED) is 0.836. The summed E-state index contributed by atoms with van der Waals surface area (Å²) in [7, 11) is 3.42. The number of para-hydroxylation sites is 2. The van der Waals surface area contributed by atoms with E-state index in [4.69, 9.17) is 14.2 Å². The van der Waals surface area contributed by atoms with Crippen LogP contribution in [0, 0.1) is 0 Å². The van der Waals surface area contributed by atoms with Crippen LogP contribution in [0.15, 0.2) is 42.5 Å². The summed E-state index contributed by atoms with van der Waals surface area (Å²) in [5, 5.41) is 3.39.